The van der Waals surface area contributed by atoms with Gasteiger partial charge in [-0.25, -0.2) is 5.43 Å². The second-order valence-corrected chi connectivity index (χ2v) is 3.96. The van der Waals surface area contributed by atoms with Gasteiger partial charge in [-0.3, -0.25) is 15.0 Å². The Morgan fingerprint density at radius 1 is 1.22 bits per heavy atom. The van der Waals surface area contributed by atoms with E-state index in [1.54, 1.807) is 0 Å². The third-order valence-corrected chi connectivity index (χ3v) is 2.45. The van der Waals surface area contributed by atoms with Crippen LogP contribution in [0.5, 0.6) is 0 Å². The van der Waals surface area contributed by atoms with E-state index in [4.69, 9.17) is 10.5 Å². The fraction of sp³-hybridized carbons (Fsp3) is 0.778. The molecule has 0 aromatic rings. The van der Waals surface area contributed by atoms with Crippen molar-refractivity contribution in [3.63, 3.8) is 0 Å². The Labute approximate surface area is 103 Å². The van der Waals surface area contributed by atoms with Crippen molar-refractivity contribution in [3.05, 3.63) is 0 Å². The smallest absolute Gasteiger partial charge is 0.234 e. The maximum atomic E-state index is 11.2. The van der Waals surface area contributed by atoms with Crippen LogP contribution in [0, 0.1) is 0 Å². The molecule has 1 aliphatic heterocycles. The van der Waals surface area contributed by atoms with Crippen LogP contribution in [-0.2, 0) is 14.3 Å². The zero-order valence-corrected chi connectivity index (χ0v) is 9.57. The number of aliphatic hydroxyl groups excluding tert-OH is 3. The second kappa shape index (κ2) is 6.61. The third kappa shape index (κ3) is 4.20. The lowest BCUT2D eigenvalue weighted by molar-refractivity contribution is -0.198. The monoisotopic (exact) mass is 263 g/mol. The molecule has 0 radical (unpaired) electrons. The van der Waals surface area contributed by atoms with E-state index in [0.717, 1.165) is 0 Å². The largest absolute Gasteiger partial charge is 0.388 e. The van der Waals surface area contributed by atoms with Gasteiger partial charge in [-0.1, -0.05) is 0 Å². The fourth-order valence-electron chi connectivity index (χ4n) is 1.38. The maximum Gasteiger partial charge on any atom is 0.234 e. The van der Waals surface area contributed by atoms with Crippen molar-refractivity contribution in [3.8, 4) is 0 Å². The minimum Gasteiger partial charge on any atom is -0.388 e. The Balaban J connectivity index is 2.30. The Morgan fingerprint density at radius 2 is 1.89 bits per heavy atom. The molecule has 1 aliphatic rings. The van der Waals surface area contributed by atoms with Gasteiger partial charge in [0.25, 0.3) is 0 Å². The van der Waals surface area contributed by atoms with Gasteiger partial charge in [0.05, 0.1) is 6.61 Å². The molecule has 0 bridgehead atoms. The van der Waals surface area contributed by atoms with Gasteiger partial charge in [0, 0.05) is 12.8 Å². The summed E-state index contributed by atoms with van der Waals surface area (Å²) in [5.41, 5.74) is 9.42. The number of hydrogen-bond acceptors (Lipinski definition) is 7. The number of ether oxygens (including phenoxy) is 1. The number of hydrazine groups is 1. The van der Waals surface area contributed by atoms with Crippen LogP contribution in [0.2, 0.25) is 0 Å². The Bertz CT molecular complexity index is 313. The summed E-state index contributed by atoms with van der Waals surface area (Å²) < 4.78 is 4.97. The van der Waals surface area contributed by atoms with Gasteiger partial charge < -0.3 is 25.8 Å². The van der Waals surface area contributed by atoms with Crippen molar-refractivity contribution in [2.24, 2.45) is 5.73 Å². The van der Waals surface area contributed by atoms with Crippen molar-refractivity contribution in [2.45, 2.75) is 37.4 Å². The number of hydrogen-bond donors (Lipinski definition) is 6. The lowest BCUT2D eigenvalue weighted by atomic mass is 10.1. The molecule has 0 saturated carbocycles. The van der Waals surface area contributed by atoms with Gasteiger partial charge >= 0.3 is 0 Å². The molecule has 9 heteroatoms. The number of carbonyl (C=O) groups excluding carboxylic acids is 2. The number of amides is 2. The van der Waals surface area contributed by atoms with Crippen LogP contribution in [-0.4, -0.2) is 58.3 Å². The molecule has 0 aromatic heterocycles. The van der Waals surface area contributed by atoms with Crippen LogP contribution < -0.4 is 16.6 Å². The maximum absolute atomic E-state index is 11.2. The summed E-state index contributed by atoms with van der Waals surface area (Å²) in [6.45, 7) is -0.174. The molecule has 18 heavy (non-hydrogen) atoms. The predicted octanol–water partition coefficient (Wildman–Crippen LogP) is -3.69. The minimum absolute atomic E-state index is 0.0943. The molecular formula is C9H17N3O6. The summed E-state index contributed by atoms with van der Waals surface area (Å²) >= 11 is 0. The first kappa shape index (κ1) is 14.8. The van der Waals surface area contributed by atoms with E-state index in [2.05, 4.69) is 10.9 Å². The van der Waals surface area contributed by atoms with Gasteiger partial charge in [0.15, 0.2) is 6.23 Å². The molecular weight excluding hydrogens is 246 g/mol. The minimum atomic E-state index is -1.38. The highest BCUT2D eigenvalue weighted by Crippen LogP contribution is 2.12. The first-order valence-corrected chi connectivity index (χ1v) is 5.40. The SMILES string of the molecule is NC(=O)CCC(=O)NN[C@@H]1OC[C@@H](O)[C@H](O)[C@H]1O. The van der Waals surface area contributed by atoms with E-state index in [1.807, 2.05) is 0 Å². The predicted molar refractivity (Wildman–Crippen MR) is 57.5 cm³/mol. The lowest BCUT2D eigenvalue weighted by Crippen LogP contribution is -2.61. The Morgan fingerprint density at radius 3 is 2.50 bits per heavy atom. The molecule has 7 N–H and O–H groups in total. The van der Waals surface area contributed by atoms with Crippen molar-refractivity contribution in [1.29, 1.82) is 0 Å². The molecule has 1 rings (SSSR count). The quantitative estimate of drug-likeness (QED) is 0.279. The zero-order chi connectivity index (χ0) is 13.7. The van der Waals surface area contributed by atoms with Crippen molar-refractivity contribution in [1.82, 2.24) is 10.9 Å². The summed E-state index contributed by atoms with van der Waals surface area (Å²) in [6.07, 6.45) is -5.16. The van der Waals surface area contributed by atoms with Crippen molar-refractivity contribution >= 4 is 11.8 Å². The number of nitrogens with two attached hydrogens (primary N) is 1. The zero-order valence-electron chi connectivity index (χ0n) is 9.57. The van der Waals surface area contributed by atoms with Crippen molar-refractivity contribution in [2.75, 3.05) is 6.61 Å². The summed E-state index contributed by atoms with van der Waals surface area (Å²) in [6, 6.07) is 0. The fourth-order valence-corrected chi connectivity index (χ4v) is 1.38. The highest BCUT2D eigenvalue weighted by molar-refractivity contribution is 5.82. The summed E-state index contributed by atoms with van der Waals surface area (Å²) in [5.74, 6) is -1.11. The lowest BCUT2D eigenvalue weighted by Gasteiger charge is -2.35. The van der Waals surface area contributed by atoms with Crippen LogP contribution in [0.15, 0.2) is 0 Å². The van der Waals surface area contributed by atoms with Gasteiger partial charge in [-0.2, -0.15) is 0 Å². The number of rotatable bonds is 5. The summed E-state index contributed by atoms with van der Waals surface area (Å²) in [4.78, 5) is 21.6. The molecule has 1 heterocycles. The van der Waals surface area contributed by atoms with E-state index in [9.17, 15) is 24.9 Å². The Hall–Kier alpha value is -1.26. The molecule has 1 saturated heterocycles. The molecule has 1 fully saturated rings. The van der Waals surface area contributed by atoms with E-state index in [1.165, 1.54) is 0 Å². The molecule has 2 amide bonds. The van der Waals surface area contributed by atoms with E-state index < -0.39 is 36.4 Å². The highest BCUT2D eigenvalue weighted by atomic mass is 16.5. The van der Waals surface area contributed by atoms with Crippen LogP contribution in [0.25, 0.3) is 0 Å². The van der Waals surface area contributed by atoms with E-state index in [-0.39, 0.29) is 19.4 Å². The van der Waals surface area contributed by atoms with Gasteiger partial charge in [0.1, 0.15) is 18.3 Å². The van der Waals surface area contributed by atoms with E-state index in [0.29, 0.717) is 0 Å². The number of primary amides is 1. The van der Waals surface area contributed by atoms with E-state index >= 15 is 0 Å². The normalized spacial score (nSPS) is 31.9. The average molecular weight is 263 g/mol. The van der Waals surface area contributed by atoms with Crippen molar-refractivity contribution < 1.29 is 29.6 Å². The first-order valence-electron chi connectivity index (χ1n) is 5.40. The second-order valence-electron chi connectivity index (χ2n) is 3.96. The van der Waals surface area contributed by atoms with Gasteiger partial charge in [-0.15, -0.1) is 0 Å². The number of aliphatic hydroxyl groups is 3. The number of nitrogens with one attached hydrogen (secondary N) is 2. The van der Waals surface area contributed by atoms with Crippen LogP contribution in [0.4, 0.5) is 0 Å². The molecule has 9 nitrogen and oxygen atoms in total. The molecule has 0 aliphatic carbocycles. The Kier molecular flexibility index (Phi) is 5.44. The molecule has 4 atom stereocenters. The van der Waals surface area contributed by atoms with Gasteiger partial charge in [-0.05, 0) is 0 Å². The highest BCUT2D eigenvalue weighted by Gasteiger charge is 2.37. The van der Waals surface area contributed by atoms with Crippen LogP contribution in [0.3, 0.4) is 0 Å². The topological polar surface area (TPSA) is 154 Å². The third-order valence-electron chi connectivity index (χ3n) is 2.45. The first-order chi connectivity index (χ1) is 8.41. The molecule has 0 aromatic carbocycles. The van der Waals surface area contributed by atoms with Crippen LogP contribution in [0.1, 0.15) is 12.8 Å². The molecule has 104 valence electrons. The van der Waals surface area contributed by atoms with Crippen LogP contribution >= 0.6 is 0 Å². The summed E-state index contributed by atoms with van der Waals surface area (Å²) in [7, 11) is 0. The van der Waals surface area contributed by atoms with Gasteiger partial charge in [0.2, 0.25) is 11.8 Å². The molecule has 0 spiro atoms. The summed E-state index contributed by atoms with van der Waals surface area (Å²) in [5, 5.41) is 28.1. The number of carbonyl (C=O) groups is 2. The average Bonchev–Trinajstić information content (AvgIpc) is 2.32. The standard InChI is InChI=1S/C9H17N3O6/c10-5(14)1-2-6(15)11-12-9-8(17)7(16)4(13)3-18-9/h4,7-9,12-13,16-17H,1-3H2,(H2,10,14)(H,11,15)/t4-,7+,8-,9-/m1/s1. The molecule has 0 unspecified atom stereocenters.